The molecule has 0 aromatic carbocycles. The number of hydrogen-bond donors (Lipinski definition) is 2. The molecule has 0 spiro atoms. The normalized spacial score (nSPS) is 18.8. The lowest BCUT2D eigenvalue weighted by Crippen LogP contribution is -2.43. The number of piperidine rings is 1. The van der Waals surface area contributed by atoms with E-state index in [9.17, 15) is 4.79 Å². The number of carbonyl (C=O) groups excluding carboxylic acids is 1. The van der Waals surface area contributed by atoms with Gasteiger partial charge in [0.1, 0.15) is 10.7 Å². The number of thiazole rings is 1. The van der Waals surface area contributed by atoms with E-state index in [2.05, 4.69) is 17.2 Å². The maximum atomic E-state index is 12.6. The van der Waals surface area contributed by atoms with Crippen LogP contribution >= 0.6 is 11.3 Å². The molecule has 1 aromatic heterocycles. The lowest BCUT2D eigenvalue weighted by Gasteiger charge is -2.32. The fraction of sp³-hybridized carbons (Fsp3) is 0.714. The maximum absolute atomic E-state index is 12.6. The molecule has 3 N–H and O–H groups in total. The van der Waals surface area contributed by atoms with Gasteiger partial charge in [-0.1, -0.05) is 18.3 Å². The number of nitrogen functional groups attached to an aromatic ring is 1. The molecule has 1 fully saturated rings. The van der Waals surface area contributed by atoms with Gasteiger partial charge in [-0.05, 0) is 26.2 Å². The monoisotopic (exact) mass is 312 g/mol. The number of ether oxygens (including phenoxy) is 1. The van der Waals surface area contributed by atoms with Crippen LogP contribution < -0.4 is 11.1 Å². The van der Waals surface area contributed by atoms with E-state index in [1.54, 1.807) is 0 Å². The molecule has 0 saturated carbocycles. The lowest BCUT2D eigenvalue weighted by molar-refractivity contribution is 0.00745. The molecule has 0 bridgehead atoms. The van der Waals surface area contributed by atoms with Crippen molar-refractivity contribution in [1.82, 2.24) is 9.88 Å². The summed E-state index contributed by atoms with van der Waals surface area (Å²) in [5.74, 6) is 0.293. The number of rotatable bonds is 6. The van der Waals surface area contributed by atoms with E-state index >= 15 is 0 Å². The van der Waals surface area contributed by atoms with E-state index in [1.165, 1.54) is 11.3 Å². The van der Waals surface area contributed by atoms with Crippen molar-refractivity contribution in [3.63, 3.8) is 0 Å². The van der Waals surface area contributed by atoms with Crippen LogP contribution in [0, 0.1) is 0 Å². The molecule has 1 aliphatic heterocycles. The number of amides is 1. The summed E-state index contributed by atoms with van der Waals surface area (Å²) in [5, 5.41) is 3.89. The van der Waals surface area contributed by atoms with Crippen molar-refractivity contribution in [3.05, 3.63) is 4.88 Å². The molecule has 0 radical (unpaired) electrons. The minimum absolute atomic E-state index is 0.0287. The molecular formula is C14H24N4O2S. The summed E-state index contributed by atoms with van der Waals surface area (Å²) in [6.45, 7) is 6.97. The second-order valence-corrected chi connectivity index (χ2v) is 6.13. The Balaban J connectivity index is 2.03. The van der Waals surface area contributed by atoms with Crippen LogP contribution in [0.5, 0.6) is 0 Å². The van der Waals surface area contributed by atoms with Gasteiger partial charge in [0.2, 0.25) is 0 Å². The van der Waals surface area contributed by atoms with Crippen molar-refractivity contribution in [2.75, 3.05) is 37.3 Å². The van der Waals surface area contributed by atoms with Gasteiger partial charge in [0.05, 0.1) is 6.10 Å². The van der Waals surface area contributed by atoms with Crippen molar-refractivity contribution < 1.29 is 9.53 Å². The Morgan fingerprint density at radius 1 is 1.57 bits per heavy atom. The number of carbonyl (C=O) groups is 1. The number of anilines is 2. The van der Waals surface area contributed by atoms with E-state index < -0.39 is 0 Å². The summed E-state index contributed by atoms with van der Waals surface area (Å²) in [6.07, 6.45) is 3.12. The predicted molar refractivity (Wildman–Crippen MR) is 85.9 cm³/mol. The Kier molecular flexibility index (Phi) is 5.81. The maximum Gasteiger partial charge on any atom is 0.267 e. The van der Waals surface area contributed by atoms with Gasteiger partial charge < -0.3 is 20.7 Å². The smallest absolute Gasteiger partial charge is 0.267 e. The van der Waals surface area contributed by atoms with E-state index in [0.717, 1.165) is 37.5 Å². The van der Waals surface area contributed by atoms with E-state index in [-0.39, 0.29) is 12.0 Å². The number of hydrogen-bond acceptors (Lipinski definition) is 6. The van der Waals surface area contributed by atoms with Crippen LogP contribution in [0.2, 0.25) is 0 Å². The van der Waals surface area contributed by atoms with Crippen LogP contribution in [0.4, 0.5) is 10.9 Å². The van der Waals surface area contributed by atoms with Crippen LogP contribution in [0.15, 0.2) is 0 Å². The third kappa shape index (κ3) is 4.07. The molecule has 1 unspecified atom stereocenters. The Bertz CT molecular complexity index is 476. The number of nitrogens with one attached hydrogen (secondary N) is 1. The van der Waals surface area contributed by atoms with Crippen LogP contribution in [0.1, 0.15) is 42.8 Å². The zero-order valence-corrected chi connectivity index (χ0v) is 13.5. The molecule has 6 nitrogen and oxygen atoms in total. The van der Waals surface area contributed by atoms with Gasteiger partial charge in [0.25, 0.3) is 5.91 Å². The Morgan fingerprint density at radius 2 is 2.38 bits per heavy atom. The quantitative estimate of drug-likeness (QED) is 0.841. The van der Waals surface area contributed by atoms with Gasteiger partial charge in [-0.25, -0.2) is 4.98 Å². The molecule has 1 atom stereocenters. The summed E-state index contributed by atoms with van der Waals surface area (Å²) in [4.78, 5) is 19.2. The van der Waals surface area contributed by atoms with Crippen LogP contribution in [-0.2, 0) is 4.74 Å². The highest BCUT2D eigenvalue weighted by Crippen LogP contribution is 2.27. The SMILES string of the molecule is CCCNc1nc(N)c(C(=O)N2CCCC(OCC)C2)s1. The van der Waals surface area contributed by atoms with Crippen LogP contribution in [0.3, 0.4) is 0 Å². The first-order valence-electron chi connectivity index (χ1n) is 7.56. The molecular weight excluding hydrogens is 288 g/mol. The summed E-state index contributed by atoms with van der Waals surface area (Å²) >= 11 is 1.34. The minimum atomic E-state index is -0.0287. The fourth-order valence-electron chi connectivity index (χ4n) is 2.43. The zero-order chi connectivity index (χ0) is 15.2. The summed E-state index contributed by atoms with van der Waals surface area (Å²) in [6, 6.07) is 0. The van der Waals surface area contributed by atoms with Crippen LogP contribution in [0.25, 0.3) is 0 Å². The highest BCUT2D eigenvalue weighted by Gasteiger charge is 2.27. The molecule has 21 heavy (non-hydrogen) atoms. The largest absolute Gasteiger partial charge is 0.382 e. The van der Waals surface area contributed by atoms with Gasteiger partial charge in [0.15, 0.2) is 5.13 Å². The van der Waals surface area contributed by atoms with E-state index in [1.807, 2.05) is 11.8 Å². The molecule has 1 saturated heterocycles. The number of nitrogens with two attached hydrogens (primary N) is 1. The lowest BCUT2D eigenvalue weighted by atomic mass is 10.1. The average Bonchev–Trinajstić information content (AvgIpc) is 2.86. The molecule has 1 aliphatic rings. The van der Waals surface area contributed by atoms with E-state index in [0.29, 0.717) is 23.8 Å². The first-order chi connectivity index (χ1) is 10.2. The van der Waals surface area contributed by atoms with Gasteiger partial charge in [-0.3, -0.25) is 4.79 Å². The number of nitrogens with zero attached hydrogens (tertiary/aromatic N) is 2. The predicted octanol–water partition coefficient (Wildman–Crippen LogP) is 2.19. The van der Waals surface area contributed by atoms with Gasteiger partial charge in [0, 0.05) is 26.2 Å². The molecule has 1 amide bonds. The second kappa shape index (κ2) is 7.61. The third-order valence-electron chi connectivity index (χ3n) is 3.44. The highest BCUT2D eigenvalue weighted by atomic mass is 32.1. The second-order valence-electron chi connectivity index (χ2n) is 5.13. The molecule has 2 rings (SSSR count). The van der Waals surface area contributed by atoms with Crippen molar-refractivity contribution in [2.45, 2.75) is 39.2 Å². The standard InChI is InChI=1S/C14H24N4O2S/c1-3-7-16-14-17-12(15)11(21-14)13(19)18-8-5-6-10(9-18)20-4-2/h10H,3-9,15H2,1-2H3,(H,16,17). The molecule has 2 heterocycles. The summed E-state index contributed by atoms with van der Waals surface area (Å²) < 4.78 is 5.64. The topological polar surface area (TPSA) is 80.5 Å². The molecule has 0 aliphatic carbocycles. The minimum Gasteiger partial charge on any atom is -0.382 e. The average molecular weight is 312 g/mol. The summed E-state index contributed by atoms with van der Waals surface area (Å²) in [7, 11) is 0. The van der Waals surface area contributed by atoms with Gasteiger partial charge >= 0.3 is 0 Å². The number of likely N-dealkylation sites (tertiary alicyclic amines) is 1. The highest BCUT2D eigenvalue weighted by molar-refractivity contribution is 7.18. The van der Waals surface area contributed by atoms with E-state index in [4.69, 9.17) is 10.5 Å². The molecule has 118 valence electrons. The fourth-order valence-corrected chi connectivity index (χ4v) is 3.31. The van der Waals surface area contributed by atoms with Gasteiger partial charge in [-0.15, -0.1) is 0 Å². The Morgan fingerprint density at radius 3 is 3.10 bits per heavy atom. The summed E-state index contributed by atoms with van der Waals surface area (Å²) in [5.41, 5.74) is 5.89. The first kappa shape index (κ1) is 16.0. The molecule has 7 heteroatoms. The molecule has 1 aromatic rings. The third-order valence-corrected chi connectivity index (χ3v) is 4.46. The Hall–Kier alpha value is -1.34. The van der Waals surface area contributed by atoms with Crippen LogP contribution in [-0.4, -0.2) is 48.1 Å². The first-order valence-corrected chi connectivity index (χ1v) is 8.38. The van der Waals surface area contributed by atoms with Crippen molar-refractivity contribution in [1.29, 1.82) is 0 Å². The van der Waals surface area contributed by atoms with Gasteiger partial charge in [-0.2, -0.15) is 0 Å². The zero-order valence-electron chi connectivity index (χ0n) is 12.7. The Labute approximate surface area is 129 Å². The number of aromatic nitrogens is 1. The van der Waals surface area contributed by atoms with Crippen molar-refractivity contribution in [2.24, 2.45) is 0 Å². The van der Waals surface area contributed by atoms with Crippen molar-refractivity contribution >= 4 is 28.2 Å². The van der Waals surface area contributed by atoms with Crippen molar-refractivity contribution in [3.8, 4) is 0 Å².